The average Bonchev–Trinajstić information content (AvgIpc) is 2.52. The van der Waals surface area contributed by atoms with Crippen molar-refractivity contribution >= 4 is 0 Å². The van der Waals surface area contributed by atoms with Gasteiger partial charge in [0, 0.05) is 13.0 Å². The molecule has 2 rings (SSSR count). The van der Waals surface area contributed by atoms with Gasteiger partial charge in [-0.15, -0.1) is 6.58 Å². The van der Waals surface area contributed by atoms with Crippen molar-refractivity contribution in [3.8, 4) is 0 Å². The largest absolute Gasteiger partial charge is 0.393 e. The van der Waals surface area contributed by atoms with E-state index < -0.39 is 0 Å². The van der Waals surface area contributed by atoms with Gasteiger partial charge in [-0.25, -0.2) is 0 Å². The molecule has 0 aliphatic carbocycles. The zero-order valence-corrected chi connectivity index (χ0v) is 13.8. The molecule has 1 aromatic carbocycles. The second-order valence-corrected chi connectivity index (χ2v) is 6.28. The molecule has 0 saturated carbocycles. The fourth-order valence-electron chi connectivity index (χ4n) is 2.98. The quantitative estimate of drug-likeness (QED) is 0.552. The lowest BCUT2D eigenvalue weighted by atomic mass is 9.94. The number of ether oxygens (including phenoxy) is 2. The number of hydrogen-bond acceptors (Lipinski definition) is 3. The lowest BCUT2D eigenvalue weighted by molar-refractivity contribution is -0.0640. The molecule has 0 amide bonds. The summed E-state index contributed by atoms with van der Waals surface area (Å²) < 4.78 is 11.8. The van der Waals surface area contributed by atoms with E-state index in [1.54, 1.807) is 6.08 Å². The van der Waals surface area contributed by atoms with Crippen molar-refractivity contribution in [1.29, 1.82) is 0 Å². The molecule has 0 aromatic heterocycles. The van der Waals surface area contributed by atoms with Gasteiger partial charge >= 0.3 is 0 Å². The van der Waals surface area contributed by atoms with E-state index in [0.717, 1.165) is 19.3 Å². The highest BCUT2D eigenvalue weighted by molar-refractivity contribution is 5.13. The molecule has 0 bridgehead atoms. The van der Waals surface area contributed by atoms with Crippen LogP contribution in [0.1, 0.15) is 37.7 Å². The number of benzene rings is 1. The smallest absolute Gasteiger partial charge is 0.0716 e. The molecule has 3 heteroatoms. The molecule has 1 aromatic rings. The molecular weight excluding hydrogens is 288 g/mol. The third-order valence-corrected chi connectivity index (χ3v) is 4.09. The summed E-state index contributed by atoms with van der Waals surface area (Å²) in [5.41, 5.74) is 2.40. The van der Waals surface area contributed by atoms with Crippen molar-refractivity contribution < 1.29 is 14.6 Å². The van der Waals surface area contributed by atoms with Crippen molar-refractivity contribution in [2.75, 3.05) is 6.61 Å². The molecule has 0 unspecified atom stereocenters. The summed E-state index contributed by atoms with van der Waals surface area (Å²) in [6.45, 7) is 9.10. The highest BCUT2D eigenvalue weighted by Crippen LogP contribution is 2.28. The van der Waals surface area contributed by atoms with Crippen LogP contribution in [0.3, 0.4) is 0 Å². The SMILES string of the molecule is C=CC[C@H](O)C[C@H]1CC(=C)C[C@H](CCOCc2ccccc2)O1. The minimum absolute atomic E-state index is 0.0605. The first kappa shape index (κ1) is 17.9. The van der Waals surface area contributed by atoms with E-state index in [9.17, 15) is 5.11 Å². The Hall–Kier alpha value is -1.42. The lowest BCUT2D eigenvalue weighted by Crippen LogP contribution is -2.32. The van der Waals surface area contributed by atoms with Crippen molar-refractivity contribution in [2.24, 2.45) is 0 Å². The van der Waals surface area contributed by atoms with Crippen LogP contribution >= 0.6 is 0 Å². The molecule has 1 fully saturated rings. The van der Waals surface area contributed by atoms with Crippen LogP contribution in [-0.4, -0.2) is 30.0 Å². The van der Waals surface area contributed by atoms with Gasteiger partial charge in [0.2, 0.25) is 0 Å². The molecule has 1 aliphatic heterocycles. The third-order valence-electron chi connectivity index (χ3n) is 4.09. The summed E-state index contributed by atoms with van der Waals surface area (Å²) in [5.74, 6) is 0. The van der Waals surface area contributed by atoms with Gasteiger partial charge in [-0.2, -0.15) is 0 Å². The molecule has 126 valence electrons. The molecule has 1 saturated heterocycles. The Morgan fingerprint density at radius 1 is 1.26 bits per heavy atom. The number of aliphatic hydroxyl groups is 1. The highest BCUT2D eigenvalue weighted by atomic mass is 16.5. The normalized spacial score (nSPS) is 22.7. The zero-order chi connectivity index (χ0) is 16.5. The predicted molar refractivity (Wildman–Crippen MR) is 93.2 cm³/mol. The Balaban J connectivity index is 1.69. The topological polar surface area (TPSA) is 38.7 Å². The van der Waals surface area contributed by atoms with Gasteiger partial charge in [0.15, 0.2) is 0 Å². The van der Waals surface area contributed by atoms with Gasteiger partial charge in [-0.05, 0) is 31.2 Å². The third kappa shape index (κ3) is 6.69. The Labute approximate surface area is 139 Å². The van der Waals surface area contributed by atoms with E-state index in [4.69, 9.17) is 9.47 Å². The molecule has 1 aliphatic rings. The van der Waals surface area contributed by atoms with Gasteiger partial charge in [0.25, 0.3) is 0 Å². The Kier molecular flexibility index (Phi) is 7.53. The van der Waals surface area contributed by atoms with E-state index in [1.165, 1.54) is 11.1 Å². The molecule has 1 N–H and O–H groups in total. The maximum atomic E-state index is 9.91. The van der Waals surface area contributed by atoms with Gasteiger partial charge in [-0.1, -0.05) is 48.6 Å². The number of aliphatic hydroxyl groups excluding tert-OH is 1. The monoisotopic (exact) mass is 316 g/mol. The maximum absolute atomic E-state index is 9.91. The standard InChI is InChI=1S/C20H28O3/c1-3-7-18(21)14-20-13-16(2)12-19(23-20)10-11-22-15-17-8-5-4-6-9-17/h3-6,8-9,18-21H,1-2,7,10-15H2/t18-,19-,20+/m0/s1. The molecule has 0 radical (unpaired) electrons. The zero-order valence-electron chi connectivity index (χ0n) is 13.8. The molecule has 3 nitrogen and oxygen atoms in total. The van der Waals surface area contributed by atoms with Crippen LogP contribution < -0.4 is 0 Å². The Morgan fingerprint density at radius 3 is 2.74 bits per heavy atom. The van der Waals surface area contributed by atoms with E-state index >= 15 is 0 Å². The van der Waals surface area contributed by atoms with Crippen molar-refractivity contribution in [1.82, 2.24) is 0 Å². The fraction of sp³-hybridized carbons (Fsp3) is 0.500. The van der Waals surface area contributed by atoms with Crippen LogP contribution in [0.2, 0.25) is 0 Å². The van der Waals surface area contributed by atoms with E-state index in [0.29, 0.717) is 26.1 Å². The van der Waals surface area contributed by atoms with Crippen molar-refractivity contribution in [3.63, 3.8) is 0 Å². The summed E-state index contributed by atoms with van der Waals surface area (Å²) in [7, 11) is 0. The second kappa shape index (κ2) is 9.66. The van der Waals surface area contributed by atoms with E-state index in [1.807, 2.05) is 18.2 Å². The van der Waals surface area contributed by atoms with Crippen LogP contribution in [0, 0.1) is 0 Å². The number of hydrogen-bond donors (Lipinski definition) is 1. The summed E-state index contributed by atoms with van der Waals surface area (Å²) in [5, 5.41) is 9.91. The van der Waals surface area contributed by atoms with Gasteiger partial charge in [0.1, 0.15) is 0 Å². The minimum atomic E-state index is -0.376. The highest BCUT2D eigenvalue weighted by Gasteiger charge is 2.26. The minimum Gasteiger partial charge on any atom is -0.393 e. The maximum Gasteiger partial charge on any atom is 0.0716 e. The fourth-order valence-corrected chi connectivity index (χ4v) is 2.98. The van der Waals surface area contributed by atoms with Gasteiger partial charge in [-0.3, -0.25) is 0 Å². The van der Waals surface area contributed by atoms with Gasteiger partial charge < -0.3 is 14.6 Å². The van der Waals surface area contributed by atoms with Crippen molar-refractivity contribution in [3.05, 3.63) is 60.7 Å². The molecular formula is C20H28O3. The van der Waals surface area contributed by atoms with Crippen LogP contribution in [0.15, 0.2) is 55.1 Å². The summed E-state index contributed by atoms with van der Waals surface area (Å²) in [6, 6.07) is 10.2. The first-order chi connectivity index (χ1) is 11.2. The predicted octanol–water partition coefficient (Wildman–Crippen LogP) is 4.02. The molecule has 3 atom stereocenters. The summed E-state index contributed by atoms with van der Waals surface area (Å²) in [6.07, 6.45) is 5.43. The molecule has 0 spiro atoms. The summed E-state index contributed by atoms with van der Waals surface area (Å²) >= 11 is 0. The number of rotatable bonds is 9. The van der Waals surface area contributed by atoms with Crippen LogP contribution in [-0.2, 0) is 16.1 Å². The Morgan fingerprint density at radius 2 is 2.00 bits per heavy atom. The van der Waals surface area contributed by atoms with E-state index in [-0.39, 0.29) is 18.3 Å². The van der Waals surface area contributed by atoms with E-state index in [2.05, 4.69) is 25.3 Å². The van der Waals surface area contributed by atoms with Crippen molar-refractivity contribution in [2.45, 2.75) is 57.0 Å². The summed E-state index contributed by atoms with van der Waals surface area (Å²) in [4.78, 5) is 0. The second-order valence-electron chi connectivity index (χ2n) is 6.28. The van der Waals surface area contributed by atoms with Crippen LogP contribution in [0.4, 0.5) is 0 Å². The first-order valence-electron chi connectivity index (χ1n) is 8.40. The average molecular weight is 316 g/mol. The first-order valence-corrected chi connectivity index (χ1v) is 8.40. The van der Waals surface area contributed by atoms with Gasteiger partial charge in [0.05, 0.1) is 24.9 Å². The molecule has 1 heterocycles. The van der Waals surface area contributed by atoms with Crippen LogP contribution in [0.5, 0.6) is 0 Å². The van der Waals surface area contributed by atoms with Crippen LogP contribution in [0.25, 0.3) is 0 Å². The molecule has 23 heavy (non-hydrogen) atoms. The lowest BCUT2D eigenvalue weighted by Gasteiger charge is -2.32. The Bertz CT molecular complexity index is 483.